The number of thioether (sulfide) groups is 1. The van der Waals surface area contributed by atoms with Gasteiger partial charge in [-0.3, -0.25) is 0 Å². The Balaban J connectivity index is 1.85. The summed E-state index contributed by atoms with van der Waals surface area (Å²) in [6.45, 7) is 4.01. The molecule has 0 atom stereocenters. The molecule has 17 heavy (non-hydrogen) atoms. The zero-order valence-corrected chi connectivity index (χ0v) is 11.5. The van der Waals surface area contributed by atoms with Gasteiger partial charge in [-0.1, -0.05) is 12.1 Å². The molecule has 0 saturated heterocycles. The number of aryl methyl sites for hydroxylation is 1. The fourth-order valence-corrected chi connectivity index (χ4v) is 2.69. The summed E-state index contributed by atoms with van der Waals surface area (Å²) in [6, 6.07) is 7.55. The molecule has 0 bridgehead atoms. The van der Waals surface area contributed by atoms with E-state index in [0.29, 0.717) is 0 Å². The van der Waals surface area contributed by atoms with Crippen molar-refractivity contribution in [3.05, 3.63) is 29.3 Å². The Hall–Kier alpha value is -0.510. The van der Waals surface area contributed by atoms with Crippen molar-refractivity contribution in [2.45, 2.75) is 37.2 Å². The summed E-state index contributed by atoms with van der Waals surface area (Å²) in [4.78, 5) is 1.37. The molecule has 0 unspecified atom stereocenters. The Morgan fingerprint density at radius 2 is 2.24 bits per heavy atom. The van der Waals surface area contributed by atoms with Crippen molar-refractivity contribution in [1.82, 2.24) is 5.32 Å². The number of hydrogen-bond acceptors (Lipinski definition) is 3. The van der Waals surface area contributed by atoms with E-state index in [9.17, 15) is 0 Å². The standard InChI is InChI=1S/C14H21NOS/c1-11-9-12(10-15-13-4-5-13)3-6-14(11)17-8-7-16-2/h3,6,9,13,15H,4-5,7-8,10H2,1-2H3. The average Bonchev–Trinajstić information content (AvgIpc) is 3.13. The maximum Gasteiger partial charge on any atom is 0.0556 e. The van der Waals surface area contributed by atoms with Crippen molar-refractivity contribution in [2.24, 2.45) is 0 Å². The number of benzene rings is 1. The summed E-state index contributed by atoms with van der Waals surface area (Å²) in [5.41, 5.74) is 2.77. The van der Waals surface area contributed by atoms with Crippen LogP contribution in [0.25, 0.3) is 0 Å². The zero-order chi connectivity index (χ0) is 12.1. The predicted octanol–water partition coefficient (Wildman–Crippen LogP) is 2.99. The molecule has 0 amide bonds. The second-order valence-electron chi connectivity index (χ2n) is 4.60. The lowest BCUT2D eigenvalue weighted by Gasteiger charge is -2.09. The van der Waals surface area contributed by atoms with Gasteiger partial charge in [0.1, 0.15) is 0 Å². The summed E-state index contributed by atoms with van der Waals surface area (Å²) in [5, 5.41) is 3.55. The van der Waals surface area contributed by atoms with E-state index in [1.165, 1.54) is 28.9 Å². The molecular weight excluding hydrogens is 230 g/mol. The van der Waals surface area contributed by atoms with Crippen LogP contribution in [-0.4, -0.2) is 25.5 Å². The molecule has 1 aliphatic carbocycles. The normalized spacial score (nSPS) is 15.2. The molecule has 2 rings (SSSR count). The Morgan fingerprint density at radius 1 is 1.41 bits per heavy atom. The van der Waals surface area contributed by atoms with Crippen LogP contribution in [0.3, 0.4) is 0 Å². The monoisotopic (exact) mass is 251 g/mol. The Kier molecular flexibility index (Phi) is 4.89. The third kappa shape index (κ3) is 4.34. The number of nitrogens with one attached hydrogen (secondary N) is 1. The van der Waals surface area contributed by atoms with Crippen LogP contribution in [0.15, 0.2) is 23.1 Å². The first-order valence-electron chi connectivity index (χ1n) is 6.24. The first-order valence-corrected chi connectivity index (χ1v) is 7.23. The maximum absolute atomic E-state index is 5.07. The fraction of sp³-hybridized carbons (Fsp3) is 0.571. The number of rotatable bonds is 7. The number of methoxy groups -OCH3 is 1. The summed E-state index contributed by atoms with van der Waals surface area (Å²) in [5.74, 6) is 1.02. The molecule has 1 saturated carbocycles. The van der Waals surface area contributed by atoms with Gasteiger partial charge >= 0.3 is 0 Å². The third-order valence-electron chi connectivity index (χ3n) is 2.96. The molecule has 0 aliphatic heterocycles. The lowest BCUT2D eigenvalue weighted by Crippen LogP contribution is -2.15. The molecule has 1 N–H and O–H groups in total. The summed E-state index contributed by atoms with van der Waals surface area (Å²) in [7, 11) is 1.75. The molecular formula is C14H21NOS. The second-order valence-corrected chi connectivity index (χ2v) is 5.73. The van der Waals surface area contributed by atoms with E-state index in [1.54, 1.807) is 7.11 Å². The van der Waals surface area contributed by atoms with Crippen molar-refractivity contribution in [1.29, 1.82) is 0 Å². The molecule has 1 aromatic carbocycles. The van der Waals surface area contributed by atoms with Crippen molar-refractivity contribution >= 4 is 11.8 Å². The van der Waals surface area contributed by atoms with Gasteiger partial charge in [0.05, 0.1) is 6.61 Å². The minimum absolute atomic E-state index is 0.783. The van der Waals surface area contributed by atoms with Crippen molar-refractivity contribution in [2.75, 3.05) is 19.5 Å². The van der Waals surface area contributed by atoms with Gasteiger partial charge in [0.2, 0.25) is 0 Å². The van der Waals surface area contributed by atoms with Crippen LogP contribution in [0, 0.1) is 6.92 Å². The van der Waals surface area contributed by atoms with Gasteiger partial charge in [0, 0.05) is 30.3 Å². The van der Waals surface area contributed by atoms with Crippen molar-refractivity contribution in [3.63, 3.8) is 0 Å². The Morgan fingerprint density at radius 3 is 2.88 bits per heavy atom. The van der Waals surface area contributed by atoms with Crippen LogP contribution in [-0.2, 0) is 11.3 Å². The third-order valence-corrected chi connectivity index (χ3v) is 4.10. The summed E-state index contributed by atoms with van der Waals surface area (Å²) < 4.78 is 5.07. The van der Waals surface area contributed by atoms with Gasteiger partial charge in [-0.05, 0) is 37.0 Å². The molecule has 0 spiro atoms. The predicted molar refractivity (Wildman–Crippen MR) is 73.6 cm³/mol. The SMILES string of the molecule is COCCSc1ccc(CNC2CC2)cc1C. The van der Waals surface area contributed by atoms with Crippen molar-refractivity contribution < 1.29 is 4.74 Å². The topological polar surface area (TPSA) is 21.3 Å². The van der Waals surface area contributed by atoms with Crippen molar-refractivity contribution in [3.8, 4) is 0 Å². The zero-order valence-electron chi connectivity index (χ0n) is 10.7. The number of hydrogen-bond donors (Lipinski definition) is 1. The van der Waals surface area contributed by atoms with Crippen LogP contribution in [0.1, 0.15) is 24.0 Å². The van der Waals surface area contributed by atoms with Crippen LogP contribution in [0.5, 0.6) is 0 Å². The van der Waals surface area contributed by atoms with E-state index in [1.807, 2.05) is 11.8 Å². The van der Waals surface area contributed by atoms with Crippen LogP contribution < -0.4 is 5.32 Å². The highest BCUT2D eigenvalue weighted by Gasteiger charge is 2.19. The molecule has 1 aromatic rings. The van der Waals surface area contributed by atoms with Crippen LogP contribution in [0.4, 0.5) is 0 Å². The highest BCUT2D eigenvalue weighted by molar-refractivity contribution is 7.99. The van der Waals surface area contributed by atoms with Gasteiger partial charge in [0.25, 0.3) is 0 Å². The van der Waals surface area contributed by atoms with E-state index in [2.05, 4.69) is 30.4 Å². The van der Waals surface area contributed by atoms with E-state index >= 15 is 0 Å². The van der Waals surface area contributed by atoms with E-state index in [-0.39, 0.29) is 0 Å². The minimum atomic E-state index is 0.783. The van der Waals surface area contributed by atoms with Crippen LogP contribution in [0.2, 0.25) is 0 Å². The smallest absolute Gasteiger partial charge is 0.0556 e. The molecule has 3 heteroatoms. The first kappa shape index (κ1) is 12.9. The van der Waals surface area contributed by atoms with Crippen LogP contribution >= 0.6 is 11.8 Å². The molecule has 1 fully saturated rings. The van der Waals surface area contributed by atoms with E-state index in [0.717, 1.165) is 24.9 Å². The lowest BCUT2D eigenvalue weighted by molar-refractivity contribution is 0.218. The second kappa shape index (κ2) is 6.43. The highest BCUT2D eigenvalue weighted by Crippen LogP contribution is 2.24. The van der Waals surface area contributed by atoms with Gasteiger partial charge in [-0.25, -0.2) is 0 Å². The minimum Gasteiger partial charge on any atom is -0.384 e. The maximum atomic E-state index is 5.07. The summed E-state index contributed by atoms with van der Waals surface area (Å²) in [6.07, 6.45) is 2.70. The summed E-state index contributed by atoms with van der Waals surface area (Å²) >= 11 is 1.87. The van der Waals surface area contributed by atoms with Gasteiger partial charge < -0.3 is 10.1 Å². The van der Waals surface area contributed by atoms with Gasteiger partial charge in [0.15, 0.2) is 0 Å². The molecule has 1 aliphatic rings. The largest absolute Gasteiger partial charge is 0.384 e. The van der Waals surface area contributed by atoms with E-state index in [4.69, 9.17) is 4.74 Å². The quantitative estimate of drug-likeness (QED) is 0.594. The molecule has 0 heterocycles. The van der Waals surface area contributed by atoms with Gasteiger partial charge in [-0.2, -0.15) is 0 Å². The highest BCUT2D eigenvalue weighted by atomic mass is 32.2. The Labute approximate surface area is 108 Å². The lowest BCUT2D eigenvalue weighted by atomic mass is 10.1. The average molecular weight is 251 g/mol. The first-order chi connectivity index (χ1) is 8.29. The van der Waals surface area contributed by atoms with Gasteiger partial charge in [-0.15, -0.1) is 11.8 Å². The molecule has 94 valence electrons. The molecule has 0 aromatic heterocycles. The Bertz CT molecular complexity index is 363. The molecule has 2 nitrogen and oxygen atoms in total. The molecule has 0 radical (unpaired) electrons. The fourth-order valence-electron chi connectivity index (χ4n) is 1.77. The number of ether oxygens (including phenoxy) is 1. The van der Waals surface area contributed by atoms with E-state index < -0.39 is 0 Å².